The summed E-state index contributed by atoms with van der Waals surface area (Å²) in [5.74, 6) is 0.549. The van der Waals surface area contributed by atoms with Gasteiger partial charge in [-0.05, 0) is 24.3 Å². The second-order valence-electron chi connectivity index (χ2n) is 6.35. The number of nitrogens with zero attached hydrogens (tertiary/aromatic N) is 6. The van der Waals surface area contributed by atoms with Crippen LogP contribution < -0.4 is 15.4 Å². The van der Waals surface area contributed by atoms with Gasteiger partial charge in [-0.25, -0.2) is 19.7 Å². The van der Waals surface area contributed by atoms with Crippen molar-refractivity contribution in [2.24, 2.45) is 7.05 Å². The molecular weight excluding hydrogens is 400 g/mol. The van der Waals surface area contributed by atoms with Crippen LogP contribution in [-0.2, 0) is 7.05 Å². The lowest BCUT2D eigenvalue weighted by atomic mass is 10.1. The molecule has 0 spiro atoms. The fraction of sp³-hybridized carbons (Fsp3) is 0.100. The van der Waals surface area contributed by atoms with Crippen LogP contribution in [0, 0.1) is 0 Å². The summed E-state index contributed by atoms with van der Waals surface area (Å²) in [7, 11) is 3.28. The number of carbonyl (C=O) groups is 1. The van der Waals surface area contributed by atoms with Gasteiger partial charge in [0, 0.05) is 19.4 Å². The smallest absolute Gasteiger partial charge is 0.341 e. The summed E-state index contributed by atoms with van der Waals surface area (Å²) >= 11 is 0. The summed E-state index contributed by atoms with van der Waals surface area (Å²) in [4.78, 5) is 28.5. The molecular formula is C20H18N8O3. The van der Waals surface area contributed by atoms with Crippen LogP contribution in [0.5, 0.6) is 5.75 Å². The quantitative estimate of drug-likeness (QED) is 0.410. The molecule has 0 aliphatic heterocycles. The molecule has 0 amide bonds. The Morgan fingerprint density at radius 2 is 1.97 bits per heavy atom. The Labute approximate surface area is 176 Å². The number of hydrogen-bond acceptors (Lipinski definition) is 9. The van der Waals surface area contributed by atoms with Crippen molar-refractivity contribution in [3.63, 3.8) is 0 Å². The maximum Gasteiger partial charge on any atom is 0.341 e. The second kappa shape index (κ2) is 8.45. The second-order valence-corrected chi connectivity index (χ2v) is 6.35. The van der Waals surface area contributed by atoms with E-state index in [9.17, 15) is 9.90 Å². The maximum absolute atomic E-state index is 11.7. The molecule has 0 aliphatic rings. The van der Waals surface area contributed by atoms with E-state index in [4.69, 9.17) is 4.74 Å². The summed E-state index contributed by atoms with van der Waals surface area (Å²) in [6.45, 7) is 0. The number of hydrogen-bond donors (Lipinski definition) is 3. The van der Waals surface area contributed by atoms with Crippen LogP contribution in [0.3, 0.4) is 0 Å². The van der Waals surface area contributed by atoms with Crippen LogP contribution in [0.15, 0.2) is 55.1 Å². The van der Waals surface area contributed by atoms with Crippen molar-refractivity contribution in [3.05, 3.63) is 60.7 Å². The van der Waals surface area contributed by atoms with Crippen LogP contribution >= 0.6 is 0 Å². The lowest BCUT2D eigenvalue weighted by Crippen LogP contribution is -2.09. The van der Waals surface area contributed by atoms with Crippen LogP contribution in [0.25, 0.3) is 11.4 Å². The fourth-order valence-electron chi connectivity index (χ4n) is 2.87. The van der Waals surface area contributed by atoms with Crippen LogP contribution in [0.2, 0.25) is 0 Å². The number of benzene rings is 1. The molecule has 0 bridgehead atoms. The van der Waals surface area contributed by atoms with Crippen LogP contribution in [-0.4, -0.2) is 47.9 Å². The molecule has 0 saturated carbocycles. The first-order chi connectivity index (χ1) is 15.0. The molecule has 3 N–H and O–H groups in total. The number of aromatic carboxylic acids is 1. The van der Waals surface area contributed by atoms with Gasteiger partial charge in [-0.15, -0.1) is 0 Å². The molecule has 0 atom stereocenters. The zero-order chi connectivity index (χ0) is 21.8. The minimum Gasteiger partial charge on any atom is -0.494 e. The lowest BCUT2D eigenvalue weighted by molar-refractivity contribution is 0.0697. The number of methoxy groups -OCH3 is 1. The number of carboxylic acid groups (broad SMARTS) is 1. The van der Waals surface area contributed by atoms with Gasteiger partial charge >= 0.3 is 5.97 Å². The fourth-order valence-corrected chi connectivity index (χ4v) is 2.87. The summed E-state index contributed by atoms with van der Waals surface area (Å²) in [6.07, 6.45) is 4.42. The molecule has 4 aromatic rings. The van der Waals surface area contributed by atoms with E-state index < -0.39 is 5.97 Å². The third-order valence-corrected chi connectivity index (χ3v) is 4.24. The SMILES string of the molecule is COc1c(Nc2nc(Nc3ccccn3)ncc2C(=O)O)cccc1-c1ncn(C)n1. The van der Waals surface area contributed by atoms with E-state index in [2.05, 4.69) is 35.7 Å². The highest BCUT2D eigenvalue weighted by molar-refractivity contribution is 5.94. The Hall–Kier alpha value is -4.54. The molecule has 0 radical (unpaired) electrons. The van der Waals surface area contributed by atoms with Crippen molar-refractivity contribution in [2.45, 2.75) is 0 Å². The van der Waals surface area contributed by atoms with Crippen molar-refractivity contribution in [1.29, 1.82) is 0 Å². The third kappa shape index (κ3) is 4.24. The Morgan fingerprint density at radius 3 is 2.65 bits per heavy atom. The average Bonchev–Trinajstić information content (AvgIpc) is 3.20. The minimum atomic E-state index is -1.17. The van der Waals surface area contributed by atoms with Crippen LogP contribution in [0.1, 0.15) is 10.4 Å². The average molecular weight is 418 g/mol. The molecule has 4 rings (SSSR count). The number of anilines is 4. The predicted octanol–water partition coefficient (Wildman–Crippen LogP) is 2.86. The molecule has 11 heteroatoms. The zero-order valence-electron chi connectivity index (χ0n) is 16.6. The summed E-state index contributed by atoms with van der Waals surface area (Å²) < 4.78 is 7.15. The lowest BCUT2D eigenvalue weighted by Gasteiger charge is -2.15. The zero-order valence-corrected chi connectivity index (χ0v) is 16.6. The molecule has 11 nitrogen and oxygen atoms in total. The maximum atomic E-state index is 11.7. The highest BCUT2D eigenvalue weighted by atomic mass is 16.5. The largest absolute Gasteiger partial charge is 0.494 e. The summed E-state index contributed by atoms with van der Waals surface area (Å²) in [5, 5.41) is 19.9. The molecule has 0 aliphatic carbocycles. The highest BCUT2D eigenvalue weighted by Gasteiger charge is 2.19. The molecule has 1 aromatic carbocycles. The van der Waals surface area contributed by atoms with Gasteiger partial charge in [0.15, 0.2) is 17.4 Å². The first kappa shape index (κ1) is 19.8. The van der Waals surface area contributed by atoms with E-state index in [1.807, 2.05) is 12.1 Å². The first-order valence-electron chi connectivity index (χ1n) is 9.13. The Bertz CT molecular complexity index is 1230. The van der Waals surface area contributed by atoms with E-state index in [-0.39, 0.29) is 17.3 Å². The standard InChI is InChI=1S/C20H18N8O3/c1-28-11-23-17(27-28)12-6-5-7-14(16(12)31-2)24-18-13(19(29)30)10-22-20(26-18)25-15-8-3-4-9-21-15/h3-11H,1-2H3,(H,29,30)(H2,21,22,24,25,26). The molecule has 0 unspecified atom stereocenters. The molecule has 3 heterocycles. The number of ether oxygens (including phenoxy) is 1. The third-order valence-electron chi connectivity index (χ3n) is 4.24. The Kier molecular flexibility index (Phi) is 5.39. The molecule has 3 aromatic heterocycles. The van der Waals surface area contributed by atoms with E-state index in [1.165, 1.54) is 13.3 Å². The van der Waals surface area contributed by atoms with Crippen molar-refractivity contribution in [3.8, 4) is 17.1 Å². The van der Waals surface area contributed by atoms with Gasteiger partial charge in [-0.3, -0.25) is 4.68 Å². The molecule has 31 heavy (non-hydrogen) atoms. The van der Waals surface area contributed by atoms with E-state index in [1.54, 1.807) is 48.5 Å². The van der Waals surface area contributed by atoms with Crippen molar-refractivity contribution < 1.29 is 14.6 Å². The van der Waals surface area contributed by atoms with Gasteiger partial charge in [0.25, 0.3) is 0 Å². The number of nitrogens with one attached hydrogen (secondary N) is 2. The minimum absolute atomic E-state index is 0.0883. The number of pyridine rings is 1. The topological polar surface area (TPSA) is 140 Å². The van der Waals surface area contributed by atoms with Gasteiger partial charge in [0.2, 0.25) is 5.95 Å². The van der Waals surface area contributed by atoms with Crippen molar-refractivity contribution in [2.75, 3.05) is 17.7 Å². The Morgan fingerprint density at radius 1 is 1.10 bits per heavy atom. The molecule has 0 saturated heterocycles. The van der Waals surface area contributed by atoms with Crippen molar-refractivity contribution in [1.82, 2.24) is 29.7 Å². The van der Waals surface area contributed by atoms with Gasteiger partial charge < -0.3 is 20.5 Å². The summed E-state index contributed by atoms with van der Waals surface area (Å²) in [5.41, 5.74) is 1.04. The number of carboxylic acids is 1. The number of aromatic nitrogens is 6. The van der Waals surface area contributed by atoms with E-state index >= 15 is 0 Å². The van der Waals surface area contributed by atoms with Gasteiger partial charge in [-0.2, -0.15) is 10.1 Å². The summed E-state index contributed by atoms with van der Waals surface area (Å²) in [6, 6.07) is 10.7. The highest BCUT2D eigenvalue weighted by Crippen LogP contribution is 2.36. The van der Waals surface area contributed by atoms with E-state index in [0.29, 0.717) is 28.6 Å². The molecule has 0 fully saturated rings. The number of para-hydroxylation sites is 1. The molecule has 156 valence electrons. The van der Waals surface area contributed by atoms with Crippen LogP contribution in [0.4, 0.5) is 23.3 Å². The monoisotopic (exact) mass is 418 g/mol. The van der Waals surface area contributed by atoms with E-state index in [0.717, 1.165) is 0 Å². The Balaban J connectivity index is 1.72. The van der Waals surface area contributed by atoms with Gasteiger partial charge in [-0.1, -0.05) is 12.1 Å². The number of rotatable bonds is 7. The predicted molar refractivity (Wildman–Crippen MR) is 113 cm³/mol. The van der Waals surface area contributed by atoms with Gasteiger partial charge in [0.1, 0.15) is 17.7 Å². The van der Waals surface area contributed by atoms with Gasteiger partial charge in [0.05, 0.1) is 18.4 Å². The normalized spacial score (nSPS) is 10.5. The number of aryl methyl sites for hydroxylation is 1. The van der Waals surface area contributed by atoms with Crippen molar-refractivity contribution >= 4 is 29.2 Å². The first-order valence-corrected chi connectivity index (χ1v) is 9.13.